The van der Waals surface area contributed by atoms with E-state index in [-0.39, 0.29) is 0 Å². The first kappa shape index (κ1) is 39.5. The van der Waals surface area contributed by atoms with Gasteiger partial charge in [-0.25, -0.2) is 0 Å². The third kappa shape index (κ3) is 59.2. The van der Waals surface area contributed by atoms with Gasteiger partial charge in [-0.3, -0.25) is 8.74 Å². The monoisotopic (exact) mass is 494 g/mol. The SMILES string of the molecule is C=C.CCCCCCCCC=CCCCCCCCCNC.CCNCC.COS(=O)(=O)O. The lowest BCUT2D eigenvalue weighted by Crippen LogP contribution is -2.09. The van der Waals surface area contributed by atoms with Gasteiger partial charge in [0.15, 0.2) is 0 Å². The summed E-state index contributed by atoms with van der Waals surface area (Å²) < 4.78 is 29.7. The molecule has 0 aromatic rings. The van der Waals surface area contributed by atoms with Gasteiger partial charge in [-0.1, -0.05) is 90.7 Å². The maximum Gasteiger partial charge on any atom is 0.397 e. The van der Waals surface area contributed by atoms with Gasteiger partial charge >= 0.3 is 10.4 Å². The normalized spacial score (nSPS) is 10.5. The first-order chi connectivity index (χ1) is 15.9. The quantitative estimate of drug-likeness (QED) is 0.101. The molecule has 0 rings (SSSR count). The second-order valence-electron chi connectivity index (χ2n) is 7.59. The van der Waals surface area contributed by atoms with Gasteiger partial charge in [0.2, 0.25) is 0 Å². The minimum Gasteiger partial charge on any atom is -0.320 e. The third-order valence-electron chi connectivity index (χ3n) is 4.65. The number of unbranched alkanes of at least 4 members (excludes halogenated alkanes) is 12. The fraction of sp³-hybridized carbons (Fsp3) is 0.846. The Morgan fingerprint density at radius 2 is 1.12 bits per heavy atom. The van der Waals surface area contributed by atoms with E-state index >= 15 is 0 Å². The Bertz CT molecular complexity index is 442. The maximum atomic E-state index is 9.33. The van der Waals surface area contributed by atoms with Crippen molar-refractivity contribution in [2.24, 2.45) is 0 Å². The number of hydrogen-bond donors (Lipinski definition) is 3. The smallest absolute Gasteiger partial charge is 0.320 e. The van der Waals surface area contributed by atoms with Gasteiger partial charge < -0.3 is 10.6 Å². The Morgan fingerprint density at radius 1 is 0.758 bits per heavy atom. The first-order valence-electron chi connectivity index (χ1n) is 12.9. The molecule has 0 radical (unpaired) electrons. The molecular weight excluding hydrogens is 436 g/mol. The fourth-order valence-electron chi connectivity index (χ4n) is 2.80. The molecule has 33 heavy (non-hydrogen) atoms. The lowest BCUT2D eigenvalue weighted by molar-refractivity contribution is 0.324. The molecule has 0 saturated carbocycles. The molecule has 0 saturated heterocycles. The Morgan fingerprint density at radius 3 is 1.42 bits per heavy atom. The molecule has 0 aromatic heterocycles. The Labute approximate surface area is 208 Å². The van der Waals surface area contributed by atoms with E-state index < -0.39 is 10.4 Å². The number of rotatable bonds is 19. The second kappa shape index (κ2) is 38.5. The standard InChI is InChI=1S/C19H39N.C4H11N.C2H4.CH4O4S/c1-3-4-5-6-7-8-9-10-11-12-13-14-15-16-17-18-19-20-2;1-3-5-4-2;1-2;1-5-6(2,3)4/h10-11,20H,3-9,12-19H2,1-2H3;5H,3-4H2,1-2H3;1-2H2;1H3,(H,2,3,4). The molecular formula is C26H58N2O4S. The van der Waals surface area contributed by atoms with E-state index in [1.165, 1.54) is 96.4 Å². The van der Waals surface area contributed by atoms with Crippen LogP contribution in [0.5, 0.6) is 0 Å². The fourth-order valence-corrected chi connectivity index (χ4v) is 2.80. The second-order valence-corrected chi connectivity index (χ2v) is 8.78. The zero-order chi connectivity index (χ0) is 26.1. The van der Waals surface area contributed by atoms with Crippen molar-refractivity contribution in [1.29, 1.82) is 0 Å². The summed E-state index contributed by atoms with van der Waals surface area (Å²) in [7, 11) is -1.25. The molecule has 7 heteroatoms. The van der Waals surface area contributed by atoms with Crippen LogP contribution in [-0.4, -0.2) is 46.8 Å². The predicted octanol–water partition coefficient (Wildman–Crippen LogP) is 7.10. The van der Waals surface area contributed by atoms with Crippen LogP contribution in [0.25, 0.3) is 0 Å². The summed E-state index contributed by atoms with van der Waals surface area (Å²) in [4.78, 5) is 0. The minimum atomic E-state index is -4.16. The summed E-state index contributed by atoms with van der Waals surface area (Å²) in [6.45, 7) is 15.9. The Kier molecular flexibility index (Phi) is 46.1. The van der Waals surface area contributed by atoms with E-state index in [2.05, 4.69) is 60.9 Å². The van der Waals surface area contributed by atoms with Gasteiger partial charge in [0.05, 0.1) is 7.11 Å². The summed E-state index contributed by atoms with van der Waals surface area (Å²) in [5, 5.41) is 6.32. The molecule has 0 heterocycles. The summed E-state index contributed by atoms with van der Waals surface area (Å²) in [5.41, 5.74) is 0. The lowest BCUT2D eigenvalue weighted by Gasteiger charge is -2.00. The summed E-state index contributed by atoms with van der Waals surface area (Å²) in [6.07, 6.45) is 24.3. The van der Waals surface area contributed by atoms with Crippen LogP contribution in [-0.2, 0) is 14.6 Å². The molecule has 0 amide bonds. The number of nitrogens with one attached hydrogen (secondary N) is 2. The largest absolute Gasteiger partial charge is 0.397 e. The maximum absolute atomic E-state index is 9.33. The van der Waals surface area contributed by atoms with E-state index in [0.29, 0.717) is 0 Å². The van der Waals surface area contributed by atoms with Crippen LogP contribution < -0.4 is 10.6 Å². The zero-order valence-electron chi connectivity index (χ0n) is 22.7. The van der Waals surface area contributed by atoms with Crippen molar-refractivity contribution in [2.75, 3.05) is 33.8 Å². The van der Waals surface area contributed by atoms with E-state index in [9.17, 15) is 8.42 Å². The molecule has 0 spiro atoms. The van der Waals surface area contributed by atoms with Gasteiger partial charge in [0, 0.05) is 0 Å². The summed E-state index contributed by atoms with van der Waals surface area (Å²) in [6, 6.07) is 0. The average molecular weight is 495 g/mol. The first-order valence-corrected chi connectivity index (χ1v) is 14.3. The van der Waals surface area contributed by atoms with Crippen LogP contribution in [0.15, 0.2) is 25.3 Å². The van der Waals surface area contributed by atoms with Crippen LogP contribution in [0, 0.1) is 0 Å². The number of hydrogen-bond acceptors (Lipinski definition) is 5. The van der Waals surface area contributed by atoms with Crippen molar-refractivity contribution < 1.29 is 17.2 Å². The molecule has 202 valence electrons. The minimum absolute atomic E-state index is 0.870. The highest BCUT2D eigenvalue weighted by molar-refractivity contribution is 7.80. The van der Waals surface area contributed by atoms with Crippen LogP contribution >= 0.6 is 0 Å². The molecule has 0 fully saturated rings. The molecule has 0 bridgehead atoms. The average Bonchev–Trinajstić information content (AvgIpc) is 2.81. The van der Waals surface area contributed by atoms with E-state index in [0.717, 1.165) is 20.2 Å². The molecule has 3 N–H and O–H groups in total. The molecule has 0 atom stereocenters. The van der Waals surface area contributed by atoms with Crippen LogP contribution in [0.3, 0.4) is 0 Å². The van der Waals surface area contributed by atoms with Crippen molar-refractivity contribution in [3.05, 3.63) is 25.3 Å². The molecule has 0 aliphatic heterocycles. The van der Waals surface area contributed by atoms with Gasteiger partial charge in [-0.15, -0.1) is 13.2 Å². The molecule has 0 aliphatic rings. The van der Waals surface area contributed by atoms with Gasteiger partial charge in [0.25, 0.3) is 0 Å². The van der Waals surface area contributed by atoms with E-state index in [4.69, 9.17) is 4.55 Å². The third-order valence-corrected chi connectivity index (χ3v) is 5.07. The highest BCUT2D eigenvalue weighted by Crippen LogP contribution is 2.09. The number of allylic oxidation sites excluding steroid dienone is 2. The van der Waals surface area contributed by atoms with Crippen LogP contribution in [0.4, 0.5) is 0 Å². The molecule has 6 nitrogen and oxygen atoms in total. The Hall–Kier alpha value is -0.730. The van der Waals surface area contributed by atoms with Crippen molar-refractivity contribution in [3.63, 3.8) is 0 Å². The van der Waals surface area contributed by atoms with Crippen LogP contribution in [0.2, 0.25) is 0 Å². The van der Waals surface area contributed by atoms with E-state index in [1.54, 1.807) is 0 Å². The molecule has 0 aromatic carbocycles. The van der Waals surface area contributed by atoms with E-state index in [1.807, 2.05) is 7.05 Å². The highest BCUT2D eigenvalue weighted by atomic mass is 32.3. The highest BCUT2D eigenvalue weighted by Gasteiger charge is 1.94. The van der Waals surface area contributed by atoms with Gasteiger partial charge in [-0.05, 0) is 58.8 Å². The zero-order valence-corrected chi connectivity index (χ0v) is 23.5. The lowest BCUT2D eigenvalue weighted by atomic mass is 10.1. The summed E-state index contributed by atoms with van der Waals surface area (Å²) in [5.74, 6) is 0. The molecule has 0 unspecified atom stereocenters. The summed E-state index contributed by atoms with van der Waals surface area (Å²) >= 11 is 0. The predicted molar refractivity (Wildman–Crippen MR) is 147 cm³/mol. The van der Waals surface area contributed by atoms with Crippen molar-refractivity contribution in [2.45, 2.75) is 111 Å². The van der Waals surface area contributed by atoms with Crippen molar-refractivity contribution in [1.82, 2.24) is 10.6 Å². The van der Waals surface area contributed by atoms with Crippen LogP contribution in [0.1, 0.15) is 111 Å². The van der Waals surface area contributed by atoms with Crippen molar-refractivity contribution >= 4 is 10.4 Å². The topological polar surface area (TPSA) is 87.7 Å². The molecule has 0 aliphatic carbocycles. The van der Waals surface area contributed by atoms with Gasteiger partial charge in [0.1, 0.15) is 0 Å². The Balaban J connectivity index is -0.000000264. The van der Waals surface area contributed by atoms with Gasteiger partial charge in [-0.2, -0.15) is 8.42 Å². The van der Waals surface area contributed by atoms with Crippen molar-refractivity contribution in [3.8, 4) is 0 Å².